The van der Waals surface area contributed by atoms with Crippen LogP contribution in [0.15, 0.2) is 12.1 Å². The number of aliphatic hydroxyl groups is 1. The van der Waals surface area contributed by atoms with Crippen LogP contribution in [-0.2, 0) is 13.2 Å². The van der Waals surface area contributed by atoms with Crippen LogP contribution in [0.2, 0.25) is 0 Å². The van der Waals surface area contributed by atoms with E-state index in [1.807, 2.05) is 17.6 Å². The van der Waals surface area contributed by atoms with Gasteiger partial charge in [0.05, 0.1) is 23.5 Å². The number of aromatic nitrogens is 2. The van der Waals surface area contributed by atoms with Crippen LogP contribution < -0.4 is 0 Å². The molecule has 0 bridgehead atoms. The standard InChI is InChI=1S/C13H15N3O/c1-9-6-11-12(7-10(9)2)16(5-3-4-14)13(8-17)15-11/h6-7,17H,3,5,8H2,1-2H3. The van der Waals surface area contributed by atoms with Gasteiger partial charge in [-0.2, -0.15) is 5.26 Å². The van der Waals surface area contributed by atoms with Gasteiger partial charge in [0.1, 0.15) is 12.4 Å². The van der Waals surface area contributed by atoms with E-state index in [9.17, 15) is 5.11 Å². The Labute approximate surface area is 100 Å². The Hall–Kier alpha value is -1.86. The van der Waals surface area contributed by atoms with Crippen molar-refractivity contribution in [2.45, 2.75) is 33.4 Å². The van der Waals surface area contributed by atoms with Crippen molar-refractivity contribution in [3.63, 3.8) is 0 Å². The Morgan fingerprint density at radius 1 is 1.35 bits per heavy atom. The van der Waals surface area contributed by atoms with Crippen molar-refractivity contribution < 1.29 is 5.11 Å². The van der Waals surface area contributed by atoms with E-state index in [0.717, 1.165) is 11.0 Å². The molecule has 0 aliphatic carbocycles. The maximum atomic E-state index is 9.29. The van der Waals surface area contributed by atoms with Crippen molar-refractivity contribution in [3.8, 4) is 6.07 Å². The number of nitriles is 1. The van der Waals surface area contributed by atoms with Gasteiger partial charge in [0.25, 0.3) is 0 Å². The van der Waals surface area contributed by atoms with Crippen molar-refractivity contribution in [1.29, 1.82) is 5.26 Å². The molecular weight excluding hydrogens is 214 g/mol. The second-order valence-electron chi connectivity index (χ2n) is 4.17. The summed E-state index contributed by atoms with van der Waals surface area (Å²) in [7, 11) is 0. The number of imidazole rings is 1. The zero-order chi connectivity index (χ0) is 12.4. The highest BCUT2D eigenvalue weighted by Gasteiger charge is 2.10. The van der Waals surface area contributed by atoms with Gasteiger partial charge in [0.2, 0.25) is 0 Å². The summed E-state index contributed by atoms with van der Waals surface area (Å²) in [5.41, 5.74) is 4.26. The second-order valence-corrected chi connectivity index (χ2v) is 4.17. The summed E-state index contributed by atoms with van der Waals surface area (Å²) >= 11 is 0. The smallest absolute Gasteiger partial charge is 0.135 e. The Morgan fingerprint density at radius 3 is 2.71 bits per heavy atom. The van der Waals surface area contributed by atoms with Crippen LogP contribution in [0.3, 0.4) is 0 Å². The molecule has 17 heavy (non-hydrogen) atoms. The summed E-state index contributed by atoms with van der Waals surface area (Å²) in [6.07, 6.45) is 0.422. The first-order valence-electron chi connectivity index (χ1n) is 5.61. The highest BCUT2D eigenvalue weighted by molar-refractivity contribution is 5.78. The van der Waals surface area contributed by atoms with Gasteiger partial charge in [0.15, 0.2) is 0 Å². The molecule has 0 aliphatic heterocycles. The molecule has 0 spiro atoms. The summed E-state index contributed by atoms with van der Waals surface area (Å²) < 4.78 is 1.92. The molecule has 0 amide bonds. The van der Waals surface area contributed by atoms with Crippen LogP contribution in [0.5, 0.6) is 0 Å². The quantitative estimate of drug-likeness (QED) is 0.876. The van der Waals surface area contributed by atoms with E-state index in [1.165, 1.54) is 11.1 Å². The minimum absolute atomic E-state index is 0.0990. The lowest BCUT2D eigenvalue weighted by Gasteiger charge is -2.06. The van der Waals surface area contributed by atoms with Gasteiger partial charge in [-0.1, -0.05) is 0 Å². The van der Waals surface area contributed by atoms with Gasteiger partial charge in [0, 0.05) is 6.54 Å². The van der Waals surface area contributed by atoms with Crippen molar-refractivity contribution in [2.75, 3.05) is 0 Å². The van der Waals surface area contributed by atoms with Gasteiger partial charge in [-0.3, -0.25) is 0 Å². The number of benzene rings is 1. The maximum Gasteiger partial charge on any atom is 0.135 e. The third-order valence-electron chi connectivity index (χ3n) is 3.03. The zero-order valence-electron chi connectivity index (χ0n) is 10.1. The Bertz CT molecular complexity index is 593. The molecule has 2 rings (SSSR count). The van der Waals surface area contributed by atoms with E-state index in [-0.39, 0.29) is 6.61 Å². The first kappa shape index (κ1) is 11.6. The van der Waals surface area contributed by atoms with E-state index < -0.39 is 0 Å². The number of rotatable bonds is 3. The molecule has 1 N–H and O–H groups in total. The van der Waals surface area contributed by atoms with Crippen LogP contribution in [0.4, 0.5) is 0 Å². The lowest BCUT2D eigenvalue weighted by atomic mass is 10.1. The molecule has 0 aliphatic rings. The molecule has 0 saturated heterocycles. The molecule has 0 radical (unpaired) electrons. The Balaban J connectivity index is 2.62. The molecule has 0 fully saturated rings. The number of nitrogens with zero attached hydrogens (tertiary/aromatic N) is 3. The molecule has 4 nitrogen and oxygen atoms in total. The van der Waals surface area contributed by atoms with Crippen molar-refractivity contribution in [3.05, 3.63) is 29.1 Å². The van der Waals surface area contributed by atoms with Gasteiger partial charge < -0.3 is 9.67 Å². The van der Waals surface area contributed by atoms with Crippen LogP contribution in [0.25, 0.3) is 11.0 Å². The first-order valence-corrected chi connectivity index (χ1v) is 5.61. The van der Waals surface area contributed by atoms with Gasteiger partial charge in [-0.25, -0.2) is 4.98 Å². The van der Waals surface area contributed by atoms with Gasteiger partial charge >= 0.3 is 0 Å². The third kappa shape index (κ3) is 2.02. The monoisotopic (exact) mass is 229 g/mol. The normalized spacial score (nSPS) is 10.7. The van der Waals surface area contributed by atoms with Crippen molar-refractivity contribution in [1.82, 2.24) is 9.55 Å². The lowest BCUT2D eigenvalue weighted by molar-refractivity contribution is 0.266. The number of hydrogen-bond acceptors (Lipinski definition) is 3. The summed E-state index contributed by atoms with van der Waals surface area (Å²) in [5, 5.41) is 17.9. The van der Waals surface area contributed by atoms with Crippen LogP contribution >= 0.6 is 0 Å². The molecule has 2 aromatic rings. The van der Waals surface area contributed by atoms with E-state index in [0.29, 0.717) is 18.8 Å². The van der Waals surface area contributed by atoms with Crippen molar-refractivity contribution in [2.24, 2.45) is 0 Å². The fourth-order valence-corrected chi connectivity index (χ4v) is 1.96. The first-order chi connectivity index (χ1) is 8.17. The Morgan fingerprint density at radius 2 is 2.06 bits per heavy atom. The topological polar surface area (TPSA) is 61.8 Å². The lowest BCUT2D eigenvalue weighted by Crippen LogP contribution is -2.03. The summed E-state index contributed by atoms with van der Waals surface area (Å²) in [6.45, 7) is 4.57. The summed E-state index contributed by atoms with van der Waals surface area (Å²) in [5.74, 6) is 0.625. The van der Waals surface area contributed by atoms with Gasteiger partial charge in [-0.15, -0.1) is 0 Å². The SMILES string of the molecule is Cc1cc2nc(CO)n(CCC#N)c2cc1C. The van der Waals surface area contributed by atoms with Crippen LogP contribution in [0.1, 0.15) is 23.4 Å². The third-order valence-corrected chi connectivity index (χ3v) is 3.03. The largest absolute Gasteiger partial charge is 0.388 e. The average Bonchev–Trinajstić information content (AvgIpc) is 2.64. The van der Waals surface area contributed by atoms with E-state index in [4.69, 9.17) is 5.26 Å². The summed E-state index contributed by atoms with van der Waals surface area (Å²) in [4.78, 5) is 4.39. The molecule has 1 aromatic carbocycles. The molecule has 0 atom stereocenters. The molecule has 1 heterocycles. The molecule has 0 unspecified atom stereocenters. The highest BCUT2D eigenvalue weighted by atomic mass is 16.3. The maximum absolute atomic E-state index is 9.29. The Kier molecular flexibility index (Phi) is 3.12. The minimum Gasteiger partial charge on any atom is -0.388 e. The second kappa shape index (κ2) is 4.56. The molecule has 4 heteroatoms. The summed E-state index contributed by atoms with van der Waals surface area (Å²) in [6, 6.07) is 6.20. The van der Waals surface area contributed by atoms with Gasteiger partial charge in [-0.05, 0) is 37.1 Å². The van der Waals surface area contributed by atoms with Crippen LogP contribution in [0, 0.1) is 25.2 Å². The molecular formula is C13H15N3O. The number of fused-ring (bicyclic) bond motifs is 1. The molecule has 0 saturated carbocycles. The zero-order valence-corrected chi connectivity index (χ0v) is 10.1. The predicted octanol–water partition coefficient (Wildman–Crippen LogP) is 2.06. The molecule has 88 valence electrons. The predicted molar refractivity (Wildman–Crippen MR) is 65.4 cm³/mol. The number of hydrogen-bond donors (Lipinski definition) is 1. The van der Waals surface area contributed by atoms with E-state index in [2.05, 4.69) is 24.0 Å². The average molecular weight is 229 g/mol. The number of aryl methyl sites for hydroxylation is 3. The fraction of sp³-hybridized carbons (Fsp3) is 0.385. The highest BCUT2D eigenvalue weighted by Crippen LogP contribution is 2.21. The van der Waals surface area contributed by atoms with E-state index >= 15 is 0 Å². The molecule has 1 aromatic heterocycles. The minimum atomic E-state index is -0.0990. The fourth-order valence-electron chi connectivity index (χ4n) is 1.96. The van der Waals surface area contributed by atoms with Crippen LogP contribution in [-0.4, -0.2) is 14.7 Å². The number of aliphatic hydroxyl groups excluding tert-OH is 1. The van der Waals surface area contributed by atoms with E-state index in [1.54, 1.807) is 0 Å². The van der Waals surface area contributed by atoms with Crippen molar-refractivity contribution >= 4 is 11.0 Å².